The molecule has 0 unspecified atom stereocenters. The summed E-state index contributed by atoms with van der Waals surface area (Å²) in [7, 11) is 1.04. The van der Waals surface area contributed by atoms with Crippen molar-refractivity contribution in [3.63, 3.8) is 0 Å². The third-order valence-corrected chi connectivity index (χ3v) is 6.63. The Hall–Kier alpha value is -3.74. The van der Waals surface area contributed by atoms with Crippen molar-refractivity contribution in [3.8, 4) is 5.75 Å². The normalized spacial score (nSPS) is 24.2. The van der Waals surface area contributed by atoms with E-state index in [-0.39, 0.29) is 22.2 Å². The van der Waals surface area contributed by atoms with E-state index in [0.717, 1.165) is 26.2 Å². The van der Waals surface area contributed by atoms with Gasteiger partial charge in [0.2, 0.25) is 5.82 Å². The molecular weight excluding hydrogens is 491 g/mol. The topological polar surface area (TPSA) is 119 Å². The number of rotatable bonds is 5. The molecule has 2 amide bonds. The summed E-state index contributed by atoms with van der Waals surface area (Å²) >= 11 is 0. The van der Waals surface area contributed by atoms with E-state index in [0.29, 0.717) is 5.65 Å². The van der Waals surface area contributed by atoms with Crippen molar-refractivity contribution >= 4 is 28.5 Å². The zero-order chi connectivity index (χ0) is 26.6. The first-order valence-corrected chi connectivity index (χ1v) is 10.6. The van der Waals surface area contributed by atoms with Gasteiger partial charge in [-0.2, -0.15) is 17.6 Å². The second-order valence-corrected chi connectivity index (χ2v) is 8.62. The molecule has 1 aliphatic rings. The number of nitrogens with one attached hydrogen (secondary N) is 2. The number of fused-ring (bicyclic) bond motifs is 1. The van der Waals surface area contributed by atoms with Crippen LogP contribution in [0.4, 0.5) is 27.6 Å². The van der Waals surface area contributed by atoms with E-state index in [1.54, 1.807) is 0 Å². The van der Waals surface area contributed by atoms with E-state index in [1.807, 2.05) is 0 Å². The number of methoxy groups -OCH3 is 1. The van der Waals surface area contributed by atoms with Crippen LogP contribution in [0.1, 0.15) is 35.7 Å². The molecule has 3 heterocycles. The zero-order valence-electron chi connectivity index (χ0n) is 19.2. The maximum absolute atomic E-state index is 14.5. The molecule has 2 aromatic heterocycles. The minimum atomic E-state index is -4.90. The number of aromatic nitrogens is 2. The molecule has 1 fully saturated rings. The van der Waals surface area contributed by atoms with Gasteiger partial charge in [0.1, 0.15) is 11.8 Å². The van der Waals surface area contributed by atoms with Gasteiger partial charge >= 0.3 is 6.18 Å². The van der Waals surface area contributed by atoms with Gasteiger partial charge in [-0.1, -0.05) is 13.0 Å². The van der Waals surface area contributed by atoms with Crippen molar-refractivity contribution in [2.75, 3.05) is 12.4 Å². The van der Waals surface area contributed by atoms with Crippen LogP contribution in [0, 0.1) is 17.6 Å². The molecule has 4 atom stereocenters. The van der Waals surface area contributed by atoms with Crippen molar-refractivity contribution in [2.45, 2.75) is 37.6 Å². The summed E-state index contributed by atoms with van der Waals surface area (Å²) in [5, 5.41) is 2.71. The Morgan fingerprint density at radius 3 is 2.58 bits per heavy atom. The predicted molar refractivity (Wildman–Crippen MR) is 117 cm³/mol. The first-order chi connectivity index (χ1) is 16.8. The number of hydrogen-bond acceptors (Lipinski definition) is 5. The number of primary amides is 1. The van der Waals surface area contributed by atoms with Crippen LogP contribution in [0.3, 0.4) is 0 Å². The summed E-state index contributed by atoms with van der Waals surface area (Å²) in [6, 6.07) is 3.18. The molecule has 36 heavy (non-hydrogen) atoms. The van der Waals surface area contributed by atoms with Crippen LogP contribution in [0.15, 0.2) is 30.6 Å². The summed E-state index contributed by atoms with van der Waals surface area (Å²) < 4.78 is 80.7. The average molecular weight is 512 g/mol. The first-order valence-electron chi connectivity index (χ1n) is 10.6. The van der Waals surface area contributed by atoms with E-state index in [9.17, 15) is 31.5 Å². The largest absolute Gasteiger partial charge is 0.493 e. The molecule has 0 radical (unpaired) electrons. The third kappa shape index (κ3) is 3.92. The number of carbonyl (C=O) groups is 2. The summed E-state index contributed by atoms with van der Waals surface area (Å²) in [5.41, 5.74) is 2.80. The fourth-order valence-electron chi connectivity index (χ4n) is 4.53. The molecule has 1 aromatic carbocycles. The number of pyridine rings is 1. The molecule has 4 rings (SSSR count). The summed E-state index contributed by atoms with van der Waals surface area (Å²) in [5.74, 6) is -7.82. The molecule has 3 aromatic rings. The van der Waals surface area contributed by atoms with Crippen LogP contribution in [0.2, 0.25) is 0 Å². The van der Waals surface area contributed by atoms with Gasteiger partial charge in [-0.05, 0) is 19.1 Å². The van der Waals surface area contributed by atoms with E-state index in [2.05, 4.69) is 15.3 Å². The maximum atomic E-state index is 14.5. The Morgan fingerprint density at radius 1 is 1.28 bits per heavy atom. The lowest BCUT2D eigenvalue weighted by Gasteiger charge is -2.32. The quantitative estimate of drug-likeness (QED) is 0.446. The molecule has 0 saturated carbocycles. The Bertz CT molecular complexity index is 1360. The number of ether oxygens (including phenoxy) is 2. The van der Waals surface area contributed by atoms with Crippen molar-refractivity contribution in [1.82, 2.24) is 9.97 Å². The summed E-state index contributed by atoms with van der Waals surface area (Å²) in [6.07, 6.45) is -4.13. The second-order valence-electron chi connectivity index (χ2n) is 8.62. The van der Waals surface area contributed by atoms with E-state index in [1.165, 1.54) is 25.4 Å². The highest BCUT2D eigenvalue weighted by Gasteiger charge is 2.65. The number of halogens is 5. The fourth-order valence-corrected chi connectivity index (χ4v) is 4.53. The van der Waals surface area contributed by atoms with Gasteiger partial charge in [-0.3, -0.25) is 9.59 Å². The highest BCUT2D eigenvalue weighted by atomic mass is 19.4. The number of nitrogens with zero attached hydrogens (tertiary/aromatic N) is 1. The smallest absolute Gasteiger partial charge is 0.417 e. The van der Waals surface area contributed by atoms with Crippen LogP contribution in [-0.2, 0) is 9.53 Å². The molecule has 1 saturated heterocycles. The van der Waals surface area contributed by atoms with Gasteiger partial charge < -0.3 is 25.5 Å². The number of amides is 2. The van der Waals surface area contributed by atoms with Crippen LogP contribution in [0.25, 0.3) is 11.0 Å². The van der Waals surface area contributed by atoms with Gasteiger partial charge in [-0.25, -0.2) is 9.37 Å². The maximum Gasteiger partial charge on any atom is 0.417 e. The number of alkyl halides is 3. The van der Waals surface area contributed by atoms with Gasteiger partial charge in [0.25, 0.3) is 11.8 Å². The summed E-state index contributed by atoms with van der Waals surface area (Å²) in [6.45, 7) is 2.00. The van der Waals surface area contributed by atoms with Gasteiger partial charge in [0, 0.05) is 29.0 Å². The fraction of sp³-hybridized carbons (Fsp3) is 0.348. The average Bonchev–Trinajstić information content (AvgIpc) is 3.35. The van der Waals surface area contributed by atoms with Gasteiger partial charge in [0.15, 0.2) is 17.2 Å². The van der Waals surface area contributed by atoms with Crippen molar-refractivity contribution in [3.05, 3.63) is 53.4 Å². The third-order valence-electron chi connectivity index (χ3n) is 6.63. The molecule has 8 nitrogen and oxygen atoms in total. The highest BCUT2D eigenvalue weighted by Crippen LogP contribution is 2.55. The molecule has 0 aliphatic carbocycles. The predicted octanol–water partition coefficient (Wildman–Crippen LogP) is 4.03. The lowest BCUT2D eigenvalue weighted by molar-refractivity contribution is -0.272. The minimum absolute atomic E-state index is 0.0440. The number of nitrogens with two attached hydrogens (primary N) is 1. The van der Waals surface area contributed by atoms with Crippen molar-refractivity contribution < 1.29 is 41.0 Å². The highest BCUT2D eigenvalue weighted by molar-refractivity contribution is 6.06. The molecule has 0 spiro atoms. The van der Waals surface area contributed by atoms with Crippen LogP contribution in [0.5, 0.6) is 5.75 Å². The number of H-pyrrole nitrogens is 1. The molecule has 192 valence electrons. The van der Waals surface area contributed by atoms with E-state index < -0.39 is 58.9 Å². The lowest BCUT2D eigenvalue weighted by Crippen LogP contribution is -2.47. The monoisotopic (exact) mass is 512 g/mol. The number of benzene rings is 1. The Morgan fingerprint density at radius 2 is 1.97 bits per heavy atom. The van der Waals surface area contributed by atoms with Crippen LogP contribution >= 0.6 is 0 Å². The number of hydrogen-bond donors (Lipinski definition) is 3. The van der Waals surface area contributed by atoms with Gasteiger partial charge in [0.05, 0.1) is 24.6 Å². The van der Waals surface area contributed by atoms with Crippen molar-refractivity contribution in [2.24, 2.45) is 11.7 Å². The van der Waals surface area contributed by atoms with Crippen molar-refractivity contribution in [1.29, 1.82) is 0 Å². The Kier molecular flexibility index (Phi) is 6.15. The summed E-state index contributed by atoms with van der Waals surface area (Å²) in [4.78, 5) is 31.7. The molecule has 0 bridgehead atoms. The van der Waals surface area contributed by atoms with Crippen LogP contribution < -0.4 is 15.8 Å². The van der Waals surface area contributed by atoms with E-state index in [4.69, 9.17) is 15.2 Å². The number of carbonyl (C=O) groups excluding carboxylic acids is 2. The first kappa shape index (κ1) is 25.4. The Balaban J connectivity index is 1.77. The SMILES string of the molecule is COc1c([C@H]2[C@H](C(=O)Nc3cnc4[nH]cc(C(N)=O)c4c3)O[C@@](C)(C(F)(F)F)[C@H]2C)ccc(F)c1F. The number of aromatic amines is 1. The van der Waals surface area contributed by atoms with Crippen LogP contribution in [-0.4, -0.2) is 46.8 Å². The lowest BCUT2D eigenvalue weighted by atomic mass is 9.77. The molecule has 1 aliphatic heterocycles. The number of anilines is 1. The Labute approximate surface area is 201 Å². The molecular formula is C23H21F5N4O4. The standard InChI is InChI=1S/C23H21F5N4O4/c1-9-15(11-4-5-14(24)16(25)17(11)35-3)18(36-22(9,2)23(26,27)28)21(34)32-10-6-12-13(19(29)33)8-31-20(12)30-7-10/h4-9,15,18H,1-3H3,(H2,29,33)(H,30,31)(H,32,34)/t9-,15-,18+,22+/m0/s1. The molecule has 13 heteroatoms. The van der Waals surface area contributed by atoms with E-state index >= 15 is 0 Å². The molecule has 4 N–H and O–H groups in total. The zero-order valence-corrected chi connectivity index (χ0v) is 19.2. The minimum Gasteiger partial charge on any atom is -0.493 e. The second kappa shape index (κ2) is 8.73. The van der Waals surface area contributed by atoms with Gasteiger partial charge in [-0.15, -0.1) is 0 Å².